The maximum absolute atomic E-state index is 10.1. The monoisotopic (exact) mass is 514 g/mol. The van der Waals surface area contributed by atoms with Crippen molar-refractivity contribution >= 4 is 21.9 Å². The number of benzene rings is 3. The van der Waals surface area contributed by atoms with Crippen LogP contribution in [-0.2, 0) is 7.05 Å². The highest BCUT2D eigenvalue weighted by molar-refractivity contribution is 6.14. The van der Waals surface area contributed by atoms with Gasteiger partial charge in [-0.1, -0.05) is 57.2 Å². The summed E-state index contributed by atoms with van der Waals surface area (Å²) in [5, 5.41) is 12.1. The van der Waals surface area contributed by atoms with Crippen molar-refractivity contribution in [2.24, 2.45) is 18.4 Å². The number of furan rings is 1. The zero-order chi connectivity index (χ0) is 28.2. The molecule has 5 aromatic rings. The van der Waals surface area contributed by atoms with Gasteiger partial charge in [0.15, 0.2) is 6.20 Å². The van der Waals surface area contributed by atoms with Crippen LogP contribution in [0.5, 0.6) is 0 Å². The molecule has 1 fully saturated rings. The van der Waals surface area contributed by atoms with E-state index in [9.17, 15) is 6.63 Å². The fourth-order valence-electron chi connectivity index (χ4n) is 6.48. The van der Waals surface area contributed by atoms with E-state index < -0.39 is 5.89 Å². The molecule has 1 aliphatic carbocycles. The largest absolute Gasteiger partial charge is 0.454 e. The zero-order valence-corrected chi connectivity index (χ0v) is 23.6. The average Bonchev–Trinajstić information content (AvgIpc) is 3.31. The Labute approximate surface area is 233 Å². The molecule has 0 N–H and O–H groups in total. The molecule has 0 saturated heterocycles. The molecule has 0 radical (unpaired) electrons. The number of nitrogens with zero attached hydrogens (tertiary/aromatic N) is 2. The summed E-state index contributed by atoms with van der Waals surface area (Å²) in [4.78, 5) is 0. The molecule has 0 amide bonds. The number of rotatable bonds is 3. The Kier molecular flexibility index (Phi) is 6.00. The molecule has 0 spiro atoms. The second-order valence-corrected chi connectivity index (χ2v) is 12.2. The first-order valence-corrected chi connectivity index (χ1v) is 14.1. The normalized spacial score (nSPS) is 20.2. The summed E-state index contributed by atoms with van der Waals surface area (Å²) >= 11 is 0. The van der Waals surface area contributed by atoms with Crippen LogP contribution < -0.4 is 4.57 Å². The maximum Gasteiger partial charge on any atom is 0.216 e. The van der Waals surface area contributed by atoms with Crippen molar-refractivity contribution in [1.29, 1.82) is 5.26 Å². The van der Waals surface area contributed by atoms with E-state index >= 15 is 0 Å². The van der Waals surface area contributed by atoms with E-state index in [0.29, 0.717) is 16.9 Å². The van der Waals surface area contributed by atoms with Crippen LogP contribution in [0.1, 0.15) is 70.4 Å². The van der Waals surface area contributed by atoms with E-state index in [4.69, 9.17) is 4.42 Å². The Hall–Kier alpha value is -3.90. The summed E-state index contributed by atoms with van der Waals surface area (Å²) in [6.07, 6.45) is 6.00. The Morgan fingerprint density at radius 2 is 1.54 bits per heavy atom. The number of hydrogen-bond acceptors (Lipinski definition) is 2. The quantitative estimate of drug-likeness (QED) is 0.225. The third-order valence-electron chi connectivity index (χ3n) is 8.85. The van der Waals surface area contributed by atoms with E-state index in [-0.39, 0.29) is 0 Å². The van der Waals surface area contributed by atoms with E-state index in [1.807, 2.05) is 37.5 Å². The fourth-order valence-corrected chi connectivity index (χ4v) is 6.48. The SMILES string of the molecule is [2H]C1(c2ccc(-c3c(C#N)ccc4c3oc3c(-c5cccc[n+]5C)c(C)ccc34)cc2)CCC(C(C)(C)C)CC1. The van der Waals surface area contributed by atoms with Crippen LogP contribution in [0.2, 0.25) is 0 Å². The third-order valence-corrected chi connectivity index (χ3v) is 8.85. The number of nitriles is 1. The number of aromatic nitrogens is 1. The second kappa shape index (κ2) is 9.69. The van der Waals surface area contributed by atoms with Crippen LogP contribution in [0.15, 0.2) is 77.3 Å². The van der Waals surface area contributed by atoms with E-state index in [1.54, 1.807) is 0 Å². The van der Waals surface area contributed by atoms with Gasteiger partial charge in [-0.05, 0) is 84.7 Å². The Morgan fingerprint density at radius 3 is 2.18 bits per heavy atom. The molecule has 1 saturated carbocycles. The van der Waals surface area contributed by atoms with Crippen LogP contribution in [0.4, 0.5) is 0 Å². The van der Waals surface area contributed by atoms with Crippen molar-refractivity contribution in [3.05, 3.63) is 89.6 Å². The lowest BCUT2D eigenvalue weighted by Crippen LogP contribution is -2.30. The van der Waals surface area contributed by atoms with Gasteiger partial charge in [0, 0.05) is 29.8 Å². The van der Waals surface area contributed by atoms with Gasteiger partial charge in [-0.15, -0.1) is 0 Å². The Balaban J connectivity index is 1.46. The van der Waals surface area contributed by atoms with Crippen LogP contribution in [-0.4, -0.2) is 0 Å². The number of fused-ring (bicyclic) bond motifs is 3. The minimum absolute atomic E-state index is 0.292. The molecule has 0 atom stereocenters. The van der Waals surface area contributed by atoms with Crippen molar-refractivity contribution in [2.75, 3.05) is 0 Å². The molecule has 0 bridgehead atoms. The van der Waals surface area contributed by atoms with Crippen LogP contribution >= 0.6 is 0 Å². The summed E-state index contributed by atoms with van der Waals surface area (Å²) < 4.78 is 18.1. The van der Waals surface area contributed by atoms with Gasteiger partial charge in [0.2, 0.25) is 5.69 Å². The number of aryl methyl sites for hydroxylation is 2. The van der Waals surface area contributed by atoms with E-state index in [0.717, 1.165) is 81.1 Å². The number of pyridine rings is 1. The van der Waals surface area contributed by atoms with Crippen molar-refractivity contribution in [2.45, 2.75) is 59.3 Å². The van der Waals surface area contributed by atoms with Crippen molar-refractivity contribution < 1.29 is 10.4 Å². The molecule has 3 nitrogen and oxygen atoms in total. The van der Waals surface area contributed by atoms with Crippen LogP contribution in [0.25, 0.3) is 44.3 Å². The molecule has 2 heterocycles. The van der Waals surface area contributed by atoms with Crippen molar-refractivity contribution in [3.63, 3.8) is 0 Å². The molecule has 3 heteroatoms. The van der Waals surface area contributed by atoms with Gasteiger partial charge in [0.1, 0.15) is 18.2 Å². The molecule has 0 aliphatic heterocycles. The van der Waals surface area contributed by atoms with Gasteiger partial charge < -0.3 is 4.42 Å². The van der Waals surface area contributed by atoms with E-state index in [1.165, 1.54) is 0 Å². The molecule has 1 aliphatic rings. The second-order valence-electron chi connectivity index (χ2n) is 12.2. The molecule has 6 rings (SSSR count). The third kappa shape index (κ3) is 4.43. The summed E-state index contributed by atoms with van der Waals surface area (Å²) in [5.41, 5.74) is 8.57. The lowest BCUT2D eigenvalue weighted by Gasteiger charge is -2.37. The highest BCUT2D eigenvalue weighted by atomic mass is 16.3. The first-order chi connectivity index (χ1) is 19.1. The first-order valence-electron chi connectivity index (χ1n) is 14.6. The predicted octanol–water partition coefficient (Wildman–Crippen LogP) is 9.24. The average molecular weight is 515 g/mol. The molecule has 2 aromatic heterocycles. The topological polar surface area (TPSA) is 40.8 Å². The highest BCUT2D eigenvalue weighted by Crippen LogP contribution is 2.45. The summed E-state index contributed by atoms with van der Waals surface area (Å²) in [6.45, 7) is 9.07. The summed E-state index contributed by atoms with van der Waals surface area (Å²) in [7, 11) is 2.05. The van der Waals surface area contributed by atoms with Crippen LogP contribution in [0, 0.1) is 29.6 Å². The van der Waals surface area contributed by atoms with Gasteiger partial charge >= 0.3 is 0 Å². The molecule has 196 valence electrons. The van der Waals surface area contributed by atoms with Gasteiger partial charge in [-0.3, -0.25) is 0 Å². The van der Waals surface area contributed by atoms with E-state index in [2.05, 4.69) is 80.8 Å². The molecule has 3 aromatic carbocycles. The van der Waals surface area contributed by atoms with Gasteiger partial charge in [-0.25, -0.2) is 4.57 Å². The van der Waals surface area contributed by atoms with Gasteiger partial charge in [0.05, 0.1) is 17.2 Å². The van der Waals surface area contributed by atoms with Crippen LogP contribution in [0.3, 0.4) is 0 Å². The first kappa shape index (κ1) is 24.2. The summed E-state index contributed by atoms with van der Waals surface area (Å²) in [5.74, 6) is 0.113. The molecule has 0 unspecified atom stereocenters. The fraction of sp³-hybridized carbons (Fsp3) is 0.333. The predicted molar refractivity (Wildman–Crippen MR) is 159 cm³/mol. The maximum atomic E-state index is 10.1. The van der Waals surface area contributed by atoms with Crippen molar-refractivity contribution in [3.8, 4) is 28.5 Å². The lowest BCUT2D eigenvalue weighted by atomic mass is 9.68. The lowest BCUT2D eigenvalue weighted by molar-refractivity contribution is -0.660. The standard InChI is InChI=1S/C36H37N2O/c1-23-9-19-29-30-20-16-27(22-37)33(35(30)39-34(29)32(23)31-8-6-7-21-38(31)5)26-12-10-24(11-13-26)25-14-17-28(18-15-25)36(2,3)4/h6-13,16,19-21,25,28H,14-15,17-18H2,1-5H3/q+1/i25D. The van der Waals surface area contributed by atoms with Gasteiger partial charge in [0.25, 0.3) is 0 Å². The highest BCUT2D eigenvalue weighted by Gasteiger charge is 2.30. The molecular formula is C36H37N2O+. The minimum Gasteiger partial charge on any atom is -0.454 e. The summed E-state index contributed by atoms with van der Waals surface area (Å²) in [6, 6.07) is 25.1. The van der Waals surface area contributed by atoms with Gasteiger partial charge in [-0.2, -0.15) is 5.26 Å². The minimum atomic E-state index is -0.554. The number of hydrogen-bond donors (Lipinski definition) is 0. The smallest absolute Gasteiger partial charge is 0.216 e. The Morgan fingerprint density at radius 1 is 0.872 bits per heavy atom. The molecular weight excluding hydrogens is 476 g/mol. The Bertz CT molecular complexity index is 1770. The van der Waals surface area contributed by atoms with Crippen molar-refractivity contribution in [1.82, 2.24) is 0 Å². The zero-order valence-electron chi connectivity index (χ0n) is 24.6. The molecule has 39 heavy (non-hydrogen) atoms.